The molecule has 0 aliphatic rings. The van der Waals surface area contributed by atoms with Gasteiger partial charge in [0, 0.05) is 18.2 Å². The Balaban J connectivity index is 3.40. The normalized spacial score (nSPS) is 14.6. The Kier molecular flexibility index (Phi) is 11.8. The van der Waals surface area contributed by atoms with E-state index in [1.54, 1.807) is 45.0 Å². The zero-order valence-electron chi connectivity index (χ0n) is 22.6. The van der Waals surface area contributed by atoms with E-state index in [-0.39, 0.29) is 30.3 Å². The molecule has 2 N–H and O–H groups in total. The Bertz CT molecular complexity index is 883. The number of likely N-dealkylation sites (N-methyl/N-ethyl adjacent to an activating group) is 1. The number of hydrogen-bond acceptors (Lipinski definition) is 4. The van der Waals surface area contributed by atoms with Crippen LogP contribution in [0.15, 0.2) is 24.3 Å². The minimum absolute atomic E-state index is 0.0426. The van der Waals surface area contributed by atoms with E-state index in [1.165, 1.54) is 4.90 Å². The predicted octanol–water partition coefficient (Wildman–Crippen LogP) is 4.80. The summed E-state index contributed by atoms with van der Waals surface area (Å²) in [6.07, 6.45) is 7.25. The van der Waals surface area contributed by atoms with Crippen LogP contribution in [0, 0.1) is 18.3 Å². The summed E-state index contributed by atoms with van der Waals surface area (Å²) >= 11 is 0. The monoisotopic (exact) mass is 485 g/mol. The summed E-state index contributed by atoms with van der Waals surface area (Å²) in [6, 6.07) is 5.31. The van der Waals surface area contributed by atoms with Crippen LogP contribution in [0.3, 0.4) is 0 Å². The molecule has 0 radical (unpaired) electrons. The Morgan fingerprint density at radius 1 is 1.06 bits per heavy atom. The van der Waals surface area contributed by atoms with E-state index in [1.807, 2.05) is 27.7 Å². The summed E-state index contributed by atoms with van der Waals surface area (Å²) in [4.78, 5) is 41.5. The lowest BCUT2D eigenvalue weighted by atomic mass is 9.95. The Hall–Kier alpha value is -3.01. The highest BCUT2D eigenvalue weighted by atomic mass is 16.6. The molecule has 0 saturated carbocycles. The minimum atomic E-state index is -0.870. The van der Waals surface area contributed by atoms with E-state index >= 15 is 0 Å². The minimum Gasteiger partial charge on any atom is -0.444 e. The van der Waals surface area contributed by atoms with Crippen molar-refractivity contribution in [2.75, 3.05) is 6.54 Å². The number of alkyl carbamates (subject to hydrolysis) is 1. The van der Waals surface area contributed by atoms with Gasteiger partial charge in [0.2, 0.25) is 11.8 Å². The lowest BCUT2D eigenvalue weighted by Gasteiger charge is -2.35. The van der Waals surface area contributed by atoms with E-state index in [9.17, 15) is 14.4 Å². The van der Waals surface area contributed by atoms with Gasteiger partial charge in [-0.05, 0) is 64.7 Å². The first kappa shape index (κ1) is 30.0. The molecule has 0 heterocycles. The van der Waals surface area contributed by atoms with Crippen LogP contribution in [0.1, 0.15) is 91.8 Å². The summed E-state index contributed by atoms with van der Waals surface area (Å²) in [7, 11) is 0. The summed E-state index contributed by atoms with van der Waals surface area (Å²) < 4.78 is 5.41. The highest BCUT2D eigenvalue weighted by molar-refractivity contribution is 5.92. The Labute approximate surface area is 211 Å². The maximum Gasteiger partial charge on any atom is 0.408 e. The van der Waals surface area contributed by atoms with Crippen LogP contribution in [0.5, 0.6) is 0 Å². The molecule has 194 valence electrons. The van der Waals surface area contributed by atoms with Crippen molar-refractivity contribution in [1.29, 1.82) is 0 Å². The van der Waals surface area contributed by atoms with Crippen LogP contribution in [0.25, 0.3) is 0 Å². The van der Waals surface area contributed by atoms with Crippen molar-refractivity contribution in [3.8, 4) is 12.3 Å². The number of nitrogens with one attached hydrogen (secondary N) is 2. The van der Waals surface area contributed by atoms with Gasteiger partial charge in [-0.15, -0.1) is 6.42 Å². The molecule has 7 heteroatoms. The second kappa shape index (κ2) is 13.8. The third-order valence-electron chi connectivity index (χ3n) is 5.84. The lowest BCUT2D eigenvalue weighted by molar-refractivity contribution is -0.143. The average molecular weight is 486 g/mol. The van der Waals surface area contributed by atoms with Crippen molar-refractivity contribution in [2.45, 2.75) is 98.4 Å². The van der Waals surface area contributed by atoms with E-state index in [0.29, 0.717) is 17.5 Å². The van der Waals surface area contributed by atoms with Crippen molar-refractivity contribution in [2.24, 2.45) is 5.92 Å². The SMILES string of the molecule is C#Cc1ccc(C(C(=O)NC(C)CCC)N(CC)C(=O)C(NC(=O)OC(C)(C)C)C(C)CC)cc1. The second-order valence-corrected chi connectivity index (χ2v) is 10.0. The molecule has 4 unspecified atom stereocenters. The fraction of sp³-hybridized carbons (Fsp3) is 0.607. The molecule has 3 amide bonds. The molecular formula is C28H43N3O4. The maximum absolute atomic E-state index is 13.9. The smallest absolute Gasteiger partial charge is 0.408 e. The molecule has 4 atom stereocenters. The van der Waals surface area contributed by atoms with Crippen LogP contribution >= 0.6 is 0 Å². The summed E-state index contributed by atoms with van der Waals surface area (Å²) in [5, 5.41) is 5.80. The maximum atomic E-state index is 13.9. The Morgan fingerprint density at radius 3 is 2.11 bits per heavy atom. The van der Waals surface area contributed by atoms with Crippen molar-refractivity contribution < 1.29 is 19.1 Å². The molecule has 0 spiro atoms. The molecule has 0 saturated heterocycles. The van der Waals surface area contributed by atoms with E-state index in [0.717, 1.165) is 12.8 Å². The van der Waals surface area contributed by atoms with Gasteiger partial charge in [-0.3, -0.25) is 9.59 Å². The highest BCUT2D eigenvalue weighted by Crippen LogP contribution is 2.25. The topological polar surface area (TPSA) is 87.7 Å². The van der Waals surface area contributed by atoms with Gasteiger partial charge in [0.15, 0.2) is 0 Å². The molecule has 0 bridgehead atoms. The van der Waals surface area contributed by atoms with Crippen LogP contribution in [-0.4, -0.2) is 47.0 Å². The standard InChI is InChI=1S/C28H43N3O4/c1-10-14-20(6)29-25(32)24(22-17-15-21(12-3)16-18-22)31(13-4)26(33)23(19(5)11-2)30-27(34)35-28(7,8)9/h3,15-20,23-24H,10-11,13-14H2,1-2,4-9H3,(H,29,32)(H,30,34). The summed E-state index contributed by atoms with van der Waals surface area (Å²) in [5.74, 6) is 1.80. The van der Waals surface area contributed by atoms with Crippen molar-refractivity contribution in [1.82, 2.24) is 15.5 Å². The first-order chi connectivity index (χ1) is 16.4. The quantitative estimate of drug-likeness (QED) is 0.441. The van der Waals surface area contributed by atoms with Gasteiger partial charge in [-0.2, -0.15) is 0 Å². The lowest BCUT2D eigenvalue weighted by Crippen LogP contribution is -2.55. The van der Waals surface area contributed by atoms with Crippen LogP contribution in [-0.2, 0) is 14.3 Å². The number of rotatable bonds is 11. The van der Waals surface area contributed by atoms with E-state index in [4.69, 9.17) is 11.2 Å². The van der Waals surface area contributed by atoms with Crippen molar-refractivity contribution in [3.63, 3.8) is 0 Å². The van der Waals surface area contributed by atoms with Crippen molar-refractivity contribution >= 4 is 17.9 Å². The molecule has 1 aromatic carbocycles. The fourth-order valence-corrected chi connectivity index (χ4v) is 3.82. The van der Waals surface area contributed by atoms with Gasteiger partial charge in [0.1, 0.15) is 17.7 Å². The number of amides is 3. The molecule has 0 aliphatic carbocycles. The van der Waals surface area contributed by atoms with Crippen molar-refractivity contribution in [3.05, 3.63) is 35.4 Å². The second-order valence-electron chi connectivity index (χ2n) is 10.0. The first-order valence-electron chi connectivity index (χ1n) is 12.5. The molecular weight excluding hydrogens is 442 g/mol. The summed E-state index contributed by atoms with van der Waals surface area (Å²) in [5.41, 5.74) is 0.639. The number of carbonyl (C=O) groups excluding carboxylic acids is 3. The van der Waals surface area contributed by atoms with Gasteiger partial charge in [0.05, 0.1) is 0 Å². The van der Waals surface area contributed by atoms with Gasteiger partial charge < -0.3 is 20.3 Å². The molecule has 35 heavy (non-hydrogen) atoms. The van der Waals surface area contributed by atoms with Crippen LogP contribution in [0.2, 0.25) is 0 Å². The fourth-order valence-electron chi connectivity index (χ4n) is 3.82. The van der Waals surface area contributed by atoms with Crippen LogP contribution in [0.4, 0.5) is 4.79 Å². The zero-order chi connectivity index (χ0) is 26.8. The molecule has 0 aliphatic heterocycles. The number of hydrogen-bond donors (Lipinski definition) is 2. The molecule has 0 fully saturated rings. The third kappa shape index (κ3) is 9.28. The molecule has 7 nitrogen and oxygen atoms in total. The van der Waals surface area contributed by atoms with Gasteiger partial charge in [0.25, 0.3) is 0 Å². The largest absolute Gasteiger partial charge is 0.444 e. The molecule has 0 aromatic heterocycles. The number of nitrogens with zero attached hydrogens (tertiary/aromatic N) is 1. The first-order valence-corrected chi connectivity index (χ1v) is 12.5. The number of ether oxygens (including phenoxy) is 1. The number of carbonyl (C=O) groups is 3. The predicted molar refractivity (Wildman–Crippen MR) is 140 cm³/mol. The molecule has 1 aromatic rings. The third-order valence-corrected chi connectivity index (χ3v) is 5.84. The molecule has 1 rings (SSSR count). The Morgan fingerprint density at radius 2 is 1.66 bits per heavy atom. The zero-order valence-corrected chi connectivity index (χ0v) is 22.6. The summed E-state index contributed by atoms with van der Waals surface area (Å²) in [6.45, 7) is 15.3. The van der Waals surface area contributed by atoms with Crippen LogP contribution < -0.4 is 10.6 Å². The van der Waals surface area contributed by atoms with Gasteiger partial charge >= 0.3 is 6.09 Å². The number of benzene rings is 1. The van der Waals surface area contributed by atoms with Gasteiger partial charge in [-0.1, -0.05) is 51.7 Å². The average Bonchev–Trinajstić information content (AvgIpc) is 2.79. The van der Waals surface area contributed by atoms with E-state index < -0.39 is 23.8 Å². The number of terminal acetylenes is 1. The van der Waals surface area contributed by atoms with E-state index in [2.05, 4.69) is 23.5 Å². The highest BCUT2D eigenvalue weighted by Gasteiger charge is 2.37. The van der Waals surface area contributed by atoms with Gasteiger partial charge in [-0.25, -0.2) is 4.79 Å².